The Morgan fingerprint density at radius 2 is 2.58 bits per heavy atom. The summed E-state index contributed by atoms with van der Waals surface area (Å²) in [5.41, 5.74) is 0. The van der Waals surface area contributed by atoms with Crippen molar-refractivity contribution in [3.05, 3.63) is 5.82 Å². The van der Waals surface area contributed by atoms with Crippen LogP contribution in [0.15, 0.2) is 5.16 Å². The fourth-order valence-electron chi connectivity index (χ4n) is 0.972. The molecule has 1 aromatic heterocycles. The van der Waals surface area contributed by atoms with E-state index in [1.807, 2.05) is 0 Å². The van der Waals surface area contributed by atoms with E-state index < -0.39 is 0 Å². The van der Waals surface area contributed by atoms with Gasteiger partial charge < -0.3 is 4.74 Å². The monoisotopic (exact) mass is 185 g/mol. The van der Waals surface area contributed by atoms with Gasteiger partial charge in [-0.05, 0) is 0 Å². The van der Waals surface area contributed by atoms with Gasteiger partial charge in [-0.15, -0.1) is 5.10 Å². The normalized spacial score (nSPS) is 15.2. The number of hydrogen-bond acceptors (Lipinski definition) is 5. The summed E-state index contributed by atoms with van der Waals surface area (Å²) in [6.45, 7) is 0.355. The van der Waals surface area contributed by atoms with Crippen molar-refractivity contribution in [1.82, 2.24) is 14.8 Å². The number of ether oxygens (including phenoxy) is 1. The van der Waals surface area contributed by atoms with Crippen LogP contribution >= 0.6 is 11.8 Å². The molecule has 0 amide bonds. The summed E-state index contributed by atoms with van der Waals surface area (Å²) in [4.78, 5) is 15.2. The Kier molecular flexibility index (Phi) is 1.86. The zero-order valence-corrected chi connectivity index (χ0v) is 7.30. The van der Waals surface area contributed by atoms with Gasteiger partial charge in [0.2, 0.25) is 0 Å². The highest BCUT2D eigenvalue weighted by atomic mass is 32.2. The Bertz CT molecular complexity index is 323. The molecule has 0 spiro atoms. The molecule has 1 aliphatic heterocycles. The lowest BCUT2D eigenvalue weighted by atomic mass is 10.7. The molecule has 0 unspecified atom stereocenters. The SMILES string of the molecule is COCc1nc2n(n1)C(=O)CS2. The maximum Gasteiger partial charge on any atom is 0.259 e. The van der Waals surface area contributed by atoms with E-state index in [1.54, 1.807) is 7.11 Å². The first-order chi connectivity index (χ1) is 5.81. The van der Waals surface area contributed by atoms with Crippen molar-refractivity contribution < 1.29 is 9.53 Å². The van der Waals surface area contributed by atoms with Gasteiger partial charge in [-0.3, -0.25) is 4.79 Å². The summed E-state index contributed by atoms with van der Waals surface area (Å²) in [6, 6.07) is 0. The number of methoxy groups -OCH3 is 1. The molecule has 1 aliphatic rings. The van der Waals surface area contributed by atoms with Crippen molar-refractivity contribution in [3.8, 4) is 0 Å². The fourth-order valence-corrected chi connectivity index (χ4v) is 1.78. The number of aromatic nitrogens is 3. The fraction of sp³-hybridized carbons (Fsp3) is 0.500. The van der Waals surface area contributed by atoms with Gasteiger partial charge in [-0.1, -0.05) is 11.8 Å². The average Bonchev–Trinajstić information content (AvgIpc) is 2.55. The second-order valence-electron chi connectivity index (χ2n) is 2.34. The van der Waals surface area contributed by atoms with Crippen LogP contribution in [-0.2, 0) is 11.3 Å². The van der Waals surface area contributed by atoms with Crippen LogP contribution in [0.5, 0.6) is 0 Å². The van der Waals surface area contributed by atoms with E-state index in [-0.39, 0.29) is 5.91 Å². The van der Waals surface area contributed by atoms with Crippen molar-refractivity contribution in [1.29, 1.82) is 0 Å². The molecule has 0 saturated carbocycles. The summed E-state index contributed by atoms with van der Waals surface area (Å²) < 4.78 is 6.17. The number of hydrogen-bond donors (Lipinski definition) is 0. The standard InChI is InChI=1S/C6H7N3O2S/c1-11-2-4-7-6-9(8-4)5(10)3-12-6/h2-3H2,1H3. The van der Waals surface area contributed by atoms with E-state index in [4.69, 9.17) is 4.74 Å². The van der Waals surface area contributed by atoms with Gasteiger partial charge in [-0.2, -0.15) is 4.68 Å². The quantitative estimate of drug-likeness (QED) is 0.657. The van der Waals surface area contributed by atoms with Gasteiger partial charge >= 0.3 is 0 Å². The molecule has 2 rings (SSSR count). The number of thioether (sulfide) groups is 1. The zero-order valence-electron chi connectivity index (χ0n) is 6.48. The summed E-state index contributed by atoms with van der Waals surface area (Å²) in [5, 5.41) is 4.64. The third-order valence-electron chi connectivity index (χ3n) is 1.46. The van der Waals surface area contributed by atoms with Crippen molar-refractivity contribution in [2.75, 3.05) is 12.9 Å². The number of fused-ring (bicyclic) bond motifs is 1. The molecule has 1 aromatic rings. The maximum atomic E-state index is 11.1. The second kappa shape index (κ2) is 2.87. The highest BCUT2D eigenvalue weighted by molar-refractivity contribution is 8.00. The minimum Gasteiger partial charge on any atom is -0.377 e. The number of carbonyl (C=O) groups is 1. The molecule has 6 heteroatoms. The van der Waals surface area contributed by atoms with E-state index in [2.05, 4.69) is 10.1 Å². The van der Waals surface area contributed by atoms with Crippen LogP contribution in [0.25, 0.3) is 0 Å². The van der Waals surface area contributed by atoms with Crippen LogP contribution in [0.3, 0.4) is 0 Å². The Morgan fingerprint density at radius 1 is 1.75 bits per heavy atom. The molecule has 5 nitrogen and oxygen atoms in total. The van der Waals surface area contributed by atoms with Gasteiger partial charge in [0.05, 0.1) is 5.75 Å². The maximum absolute atomic E-state index is 11.1. The number of rotatable bonds is 2. The molecule has 0 saturated heterocycles. The Hall–Kier alpha value is -0.880. The first-order valence-corrected chi connectivity index (χ1v) is 4.40. The third-order valence-corrected chi connectivity index (χ3v) is 2.37. The van der Waals surface area contributed by atoms with Crippen LogP contribution in [0.2, 0.25) is 0 Å². The first kappa shape index (κ1) is 7.75. The lowest BCUT2D eigenvalue weighted by Crippen LogP contribution is -2.09. The first-order valence-electron chi connectivity index (χ1n) is 3.42. The van der Waals surface area contributed by atoms with Gasteiger partial charge in [-0.25, -0.2) is 4.98 Å². The van der Waals surface area contributed by atoms with Crippen LogP contribution < -0.4 is 0 Å². The predicted octanol–water partition coefficient (Wildman–Crippen LogP) is 0.170. The van der Waals surface area contributed by atoms with Crippen LogP contribution in [0.1, 0.15) is 10.6 Å². The highest BCUT2D eigenvalue weighted by Crippen LogP contribution is 2.22. The van der Waals surface area contributed by atoms with Gasteiger partial charge in [0.15, 0.2) is 11.0 Å². The van der Waals surface area contributed by atoms with E-state index in [1.165, 1.54) is 16.4 Å². The van der Waals surface area contributed by atoms with Crippen LogP contribution in [0, 0.1) is 0 Å². The topological polar surface area (TPSA) is 57.0 Å². The molecule has 0 aliphatic carbocycles. The Balaban J connectivity index is 2.30. The summed E-state index contributed by atoms with van der Waals surface area (Å²) in [6.07, 6.45) is 0. The smallest absolute Gasteiger partial charge is 0.259 e. The predicted molar refractivity (Wildman–Crippen MR) is 42.1 cm³/mol. The molecule has 0 radical (unpaired) electrons. The molecular weight excluding hydrogens is 178 g/mol. The van der Waals surface area contributed by atoms with E-state index in [9.17, 15) is 4.79 Å². The van der Waals surface area contributed by atoms with Gasteiger partial charge in [0.1, 0.15) is 6.61 Å². The Labute approximate surface area is 73.1 Å². The minimum atomic E-state index is -0.00940. The molecule has 0 bridgehead atoms. The van der Waals surface area contributed by atoms with Crippen molar-refractivity contribution in [2.24, 2.45) is 0 Å². The van der Waals surface area contributed by atoms with E-state index in [0.717, 1.165) is 0 Å². The molecule has 0 fully saturated rings. The summed E-state index contributed by atoms with van der Waals surface area (Å²) in [5.74, 6) is 1.00. The molecule has 2 heterocycles. The van der Waals surface area contributed by atoms with E-state index >= 15 is 0 Å². The van der Waals surface area contributed by atoms with E-state index in [0.29, 0.717) is 23.3 Å². The largest absolute Gasteiger partial charge is 0.377 e. The summed E-state index contributed by atoms with van der Waals surface area (Å²) >= 11 is 1.41. The molecule has 64 valence electrons. The van der Waals surface area contributed by atoms with Gasteiger partial charge in [0, 0.05) is 7.11 Å². The van der Waals surface area contributed by atoms with Crippen LogP contribution in [-0.4, -0.2) is 33.5 Å². The number of carbonyl (C=O) groups excluding carboxylic acids is 1. The zero-order chi connectivity index (χ0) is 8.55. The lowest BCUT2D eigenvalue weighted by molar-refractivity contribution is 0.0921. The Morgan fingerprint density at radius 3 is 3.25 bits per heavy atom. The van der Waals surface area contributed by atoms with Crippen LogP contribution in [0.4, 0.5) is 0 Å². The van der Waals surface area contributed by atoms with Crippen molar-refractivity contribution in [3.63, 3.8) is 0 Å². The highest BCUT2D eigenvalue weighted by Gasteiger charge is 2.23. The third kappa shape index (κ3) is 1.12. The molecule has 12 heavy (non-hydrogen) atoms. The molecule has 0 atom stereocenters. The second-order valence-corrected chi connectivity index (χ2v) is 3.28. The van der Waals surface area contributed by atoms with Crippen molar-refractivity contribution in [2.45, 2.75) is 11.8 Å². The molecular formula is C6H7N3O2S. The molecule has 0 N–H and O–H groups in total. The summed E-state index contributed by atoms with van der Waals surface area (Å²) in [7, 11) is 1.57. The van der Waals surface area contributed by atoms with Gasteiger partial charge in [0.25, 0.3) is 5.91 Å². The number of nitrogens with zero attached hydrogens (tertiary/aromatic N) is 3. The van der Waals surface area contributed by atoms with Crippen molar-refractivity contribution >= 4 is 17.7 Å². The average molecular weight is 185 g/mol. The lowest BCUT2D eigenvalue weighted by Gasteiger charge is -1.90. The molecule has 0 aromatic carbocycles. The minimum absolute atomic E-state index is 0.00940.